The highest BCUT2D eigenvalue weighted by Gasteiger charge is 2.41. The van der Waals surface area contributed by atoms with Crippen molar-refractivity contribution in [3.05, 3.63) is 92.5 Å². The lowest BCUT2D eigenvalue weighted by atomic mass is 9.93. The third kappa shape index (κ3) is 12.3. The second kappa shape index (κ2) is 19.9. The number of H-pyrrole nitrogens is 1. The van der Waals surface area contributed by atoms with Gasteiger partial charge < -0.3 is 25.8 Å². The monoisotopic (exact) mass is 952 g/mol. The summed E-state index contributed by atoms with van der Waals surface area (Å²) in [5.41, 5.74) is -1.05. The molecule has 62 heavy (non-hydrogen) atoms. The maximum absolute atomic E-state index is 13.0. The predicted octanol–water partition coefficient (Wildman–Crippen LogP) is 5.60. The summed E-state index contributed by atoms with van der Waals surface area (Å²) in [7, 11) is -8.41. The Morgan fingerprint density at radius 1 is 0.968 bits per heavy atom. The van der Waals surface area contributed by atoms with Gasteiger partial charge >= 0.3 is 0 Å². The number of carbonyl (C=O) groups excluding carboxylic acids is 2. The molecule has 0 aromatic carbocycles. The van der Waals surface area contributed by atoms with E-state index in [1.165, 1.54) is 36.4 Å². The Morgan fingerprint density at radius 2 is 1.73 bits per heavy atom. The highest BCUT2D eigenvalue weighted by Crippen LogP contribution is 2.40. The molecule has 0 spiro atoms. The van der Waals surface area contributed by atoms with E-state index in [0.29, 0.717) is 42.4 Å². The summed E-state index contributed by atoms with van der Waals surface area (Å²) >= 11 is 11.8. The van der Waals surface area contributed by atoms with Gasteiger partial charge in [-0.25, -0.2) is 24.4 Å². The van der Waals surface area contributed by atoms with Gasteiger partial charge in [-0.05, 0) is 133 Å². The van der Waals surface area contributed by atoms with E-state index in [4.69, 9.17) is 23.2 Å². The number of aromatic nitrogens is 4. The van der Waals surface area contributed by atoms with Gasteiger partial charge in [0.05, 0.1) is 5.56 Å². The fourth-order valence-electron chi connectivity index (χ4n) is 7.88. The summed E-state index contributed by atoms with van der Waals surface area (Å²) in [5.74, 6) is 0.480. The van der Waals surface area contributed by atoms with Crippen molar-refractivity contribution in [3.63, 3.8) is 0 Å². The van der Waals surface area contributed by atoms with Crippen LogP contribution in [0.5, 0.6) is 0 Å². The fourth-order valence-corrected chi connectivity index (χ4v) is 10.0. The van der Waals surface area contributed by atoms with Crippen LogP contribution in [0.4, 0.5) is 17.5 Å². The van der Waals surface area contributed by atoms with Gasteiger partial charge in [0.2, 0.25) is 0 Å². The third-order valence-electron chi connectivity index (χ3n) is 10.7. The topological polar surface area (TPSA) is 237 Å². The van der Waals surface area contributed by atoms with Gasteiger partial charge in [0.25, 0.3) is 37.4 Å². The lowest BCUT2D eigenvalue weighted by Crippen LogP contribution is -2.41. The van der Waals surface area contributed by atoms with Gasteiger partial charge in [0, 0.05) is 30.7 Å². The first-order valence-corrected chi connectivity index (χ1v) is 23.6. The minimum absolute atomic E-state index is 0. The van der Waals surface area contributed by atoms with E-state index in [1.807, 2.05) is 4.72 Å². The standard InChI is InChI=1S/C20H26ClN5O4S.C20H24ClN5O3S.ClH/c1-20(2)11-13(12-23-20)5-4-10-22-16-6-3-7-17(25-16)31(29,30)26-19(28)14-8-9-15(21)24-18(14)27;1-20(2)11-13-5-4-10-22-16-6-3-7-17(24-16)30(28,29)25-19(27)14-8-9-15(21)23-18(14)26(20)12-13;/h3,6-9,13,23H,4-5,10-12H2,1-2H3,(H,22,25)(H,24,27)(H,26,28);3,6-9,13H,4-5,10-12H2,1-2H3,(H,22,24)(H,25,27);1H/t2*13-;/m00./s1. The van der Waals surface area contributed by atoms with Gasteiger partial charge in [-0.1, -0.05) is 35.3 Å². The summed E-state index contributed by atoms with van der Waals surface area (Å²) in [5, 5.41) is 9.55. The second-order valence-electron chi connectivity index (χ2n) is 16.6. The zero-order valence-corrected chi connectivity index (χ0v) is 38.6. The molecule has 2 saturated heterocycles. The summed E-state index contributed by atoms with van der Waals surface area (Å²) in [6, 6.07) is 14.6. The number of nitrogens with one attached hydrogen (secondary N) is 6. The molecule has 3 aliphatic rings. The summed E-state index contributed by atoms with van der Waals surface area (Å²) in [6.07, 6.45) is 5.97. The van der Waals surface area contributed by atoms with E-state index in [9.17, 15) is 31.2 Å². The number of rotatable bonds is 8. The molecule has 4 bridgehead atoms. The molecule has 17 nitrogen and oxygen atoms in total. The van der Waals surface area contributed by atoms with E-state index in [1.54, 1.807) is 18.2 Å². The van der Waals surface area contributed by atoms with Gasteiger partial charge in [-0.3, -0.25) is 14.4 Å². The summed E-state index contributed by atoms with van der Waals surface area (Å²) in [4.78, 5) is 54.0. The zero-order chi connectivity index (χ0) is 44.2. The second-order valence-corrected chi connectivity index (χ2v) is 20.7. The van der Waals surface area contributed by atoms with E-state index < -0.39 is 37.4 Å². The molecular formula is C40H51Cl3N10O7S2. The number of hydrogen-bond donors (Lipinski definition) is 6. The van der Waals surface area contributed by atoms with Gasteiger partial charge in [-0.15, -0.1) is 12.4 Å². The number of hydrogen-bond acceptors (Lipinski definition) is 14. The van der Waals surface area contributed by atoms with Crippen LogP contribution in [0.15, 0.2) is 75.5 Å². The number of halogens is 3. The molecule has 0 radical (unpaired) electrons. The van der Waals surface area contributed by atoms with E-state index in [-0.39, 0.29) is 55.0 Å². The number of anilines is 3. The SMILES string of the molecule is CC1(C)C[C@@H]2CCCNc3cccc(n3)S(=O)(=O)NC(=O)c3ccc(Cl)nc3N1C2.CC1(C)C[C@H](CCCNc2cccc(S(=O)(=O)NC(=O)c3ccc(Cl)[nH]c3=O)n2)CN1.Cl. The molecule has 4 aromatic heterocycles. The van der Waals surface area contributed by atoms with Crippen LogP contribution in [-0.4, -0.2) is 85.8 Å². The third-order valence-corrected chi connectivity index (χ3v) is 13.6. The molecule has 7 rings (SSSR count). The van der Waals surface area contributed by atoms with Crippen molar-refractivity contribution in [2.45, 2.75) is 87.3 Å². The Kier molecular flexibility index (Phi) is 15.6. The number of pyridine rings is 4. The Morgan fingerprint density at radius 3 is 2.45 bits per heavy atom. The summed E-state index contributed by atoms with van der Waals surface area (Å²) in [6.45, 7) is 11.7. The Hall–Kier alpha value is -4.53. The number of aromatic amines is 1. The van der Waals surface area contributed by atoms with Crippen molar-refractivity contribution >= 4 is 84.9 Å². The highest BCUT2D eigenvalue weighted by atomic mass is 35.5. The van der Waals surface area contributed by atoms with Crippen LogP contribution in [-0.2, 0) is 20.0 Å². The smallest absolute Gasteiger partial charge is 0.281 e. The predicted molar refractivity (Wildman–Crippen MR) is 242 cm³/mol. The van der Waals surface area contributed by atoms with Crippen LogP contribution in [0.2, 0.25) is 10.3 Å². The average Bonchev–Trinajstić information content (AvgIpc) is 3.70. The maximum Gasteiger partial charge on any atom is 0.281 e. The van der Waals surface area contributed by atoms with E-state index >= 15 is 0 Å². The molecule has 2 amide bonds. The molecule has 4 aromatic rings. The molecule has 22 heteroatoms. The lowest BCUT2D eigenvalue weighted by Gasteiger charge is -2.33. The first-order chi connectivity index (χ1) is 28.7. The largest absolute Gasteiger partial charge is 0.370 e. The molecule has 6 N–H and O–H groups in total. The molecule has 3 aliphatic heterocycles. The normalized spacial score (nSPS) is 20.0. The van der Waals surface area contributed by atoms with Crippen LogP contribution < -0.4 is 35.9 Å². The molecule has 7 heterocycles. The first-order valence-electron chi connectivity index (χ1n) is 19.9. The van der Waals surface area contributed by atoms with Gasteiger partial charge in [0.15, 0.2) is 10.1 Å². The van der Waals surface area contributed by atoms with Crippen molar-refractivity contribution in [2.75, 3.05) is 41.7 Å². The van der Waals surface area contributed by atoms with Crippen molar-refractivity contribution in [1.82, 2.24) is 34.7 Å². The Balaban J connectivity index is 0.000000231. The highest BCUT2D eigenvalue weighted by molar-refractivity contribution is 7.90. The molecule has 2 fully saturated rings. The lowest BCUT2D eigenvalue weighted by molar-refractivity contribution is 0.0971. The number of nitrogens with zero attached hydrogens (tertiary/aromatic N) is 4. The van der Waals surface area contributed by atoms with Crippen molar-refractivity contribution in [3.8, 4) is 0 Å². The van der Waals surface area contributed by atoms with Crippen LogP contribution in [0.1, 0.15) is 86.9 Å². The molecular weight excluding hydrogens is 903 g/mol. The Labute approximate surface area is 377 Å². The van der Waals surface area contributed by atoms with Gasteiger partial charge in [-0.2, -0.15) is 16.8 Å². The van der Waals surface area contributed by atoms with E-state index in [0.717, 1.165) is 57.7 Å². The van der Waals surface area contributed by atoms with Crippen LogP contribution >= 0.6 is 35.6 Å². The molecule has 336 valence electrons. The molecule has 0 unspecified atom stereocenters. The van der Waals surface area contributed by atoms with Crippen molar-refractivity contribution in [1.29, 1.82) is 0 Å². The first kappa shape index (κ1) is 48.5. The summed E-state index contributed by atoms with van der Waals surface area (Å²) < 4.78 is 54.7. The fraction of sp³-hybridized carbons (Fsp3) is 0.450. The zero-order valence-electron chi connectivity index (χ0n) is 34.6. The van der Waals surface area contributed by atoms with Crippen LogP contribution in [0, 0.1) is 11.8 Å². The minimum atomic E-state index is -4.26. The number of fused-ring (bicyclic) bond motifs is 6. The van der Waals surface area contributed by atoms with Crippen LogP contribution in [0.3, 0.4) is 0 Å². The molecule has 0 saturated carbocycles. The number of amides is 2. The minimum Gasteiger partial charge on any atom is -0.370 e. The average molecular weight is 954 g/mol. The molecule has 2 atom stereocenters. The quantitative estimate of drug-likeness (QED) is 0.0932. The van der Waals surface area contributed by atoms with Crippen molar-refractivity contribution < 1.29 is 26.4 Å². The molecule has 0 aliphatic carbocycles. The maximum atomic E-state index is 13.0. The van der Waals surface area contributed by atoms with Crippen LogP contribution in [0.25, 0.3) is 0 Å². The van der Waals surface area contributed by atoms with E-state index in [2.05, 4.69) is 73.2 Å². The van der Waals surface area contributed by atoms with Crippen molar-refractivity contribution in [2.24, 2.45) is 11.8 Å². The Bertz CT molecular complexity index is 2560. The van der Waals surface area contributed by atoms with Gasteiger partial charge in [0.1, 0.15) is 33.3 Å². The number of carbonyl (C=O) groups is 2. The number of sulfonamides is 2.